The molecule has 0 aliphatic heterocycles. The topological polar surface area (TPSA) is 106 Å². The molecule has 0 amide bonds. The first-order valence-corrected chi connectivity index (χ1v) is 6.26. The molecule has 0 saturated carbocycles. The number of pyridine rings is 1. The maximum Gasteiger partial charge on any atom is 0.573 e. The quantitative estimate of drug-likeness (QED) is 0.827. The molecule has 1 aromatic rings. The number of nitrogens with zero attached hydrogens (tertiary/aromatic N) is 2. The van der Waals surface area contributed by atoms with E-state index in [0.29, 0.717) is 6.07 Å². The van der Waals surface area contributed by atoms with Crippen LogP contribution in [0, 0.1) is 11.3 Å². The second kappa shape index (κ2) is 4.51. The standard InChI is InChI=1S/C7H3ClF3N3O3S/c8-18(15,16)6-3(2-12)1-4(5(13)14-6)17-7(9,10)11/h1H,(H2,13,14). The Hall–Kier alpha value is -1.73. The van der Waals surface area contributed by atoms with Gasteiger partial charge in [0.2, 0.25) is 0 Å². The summed E-state index contributed by atoms with van der Waals surface area (Å²) in [4.78, 5) is 3.11. The Balaban J connectivity index is 3.43. The van der Waals surface area contributed by atoms with Crippen LogP contribution in [0.2, 0.25) is 0 Å². The van der Waals surface area contributed by atoms with E-state index in [4.69, 9.17) is 21.7 Å². The van der Waals surface area contributed by atoms with Crippen molar-refractivity contribution in [3.05, 3.63) is 11.6 Å². The van der Waals surface area contributed by atoms with Crippen molar-refractivity contribution in [3.63, 3.8) is 0 Å². The van der Waals surface area contributed by atoms with Gasteiger partial charge in [-0.2, -0.15) is 5.26 Å². The van der Waals surface area contributed by atoms with E-state index in [0.717, 1.165) is 0 Å². The van der Waals surface area contributed by atoms with Crippen LogP contribution < -0.4 is 10.5 Å². The molecule has 2 N–H and O–H groups in total. The van der Waals surface area contributed by atoms with Crippen LogP contribution in [-0.4, -0.2) is 19.8 Å². The molecule has 0 aromatic carbocycles. The summed E-state index contributed by atoms with van der Waals surface area (Å²) in [5, 5.41) is 7.67. The summed E-state index contributed by atoms with van der Waals surface area (Å²) in [5.74, 6) is -1.84. The van der Waals surface area contributed by atoms with Gasteiger partial charge >= 0.3 is 6.36 Å². The zero-order valence-corrected chi connectivity index (χ0v) is 9.77. The number of anilines is 1. The number of aromatic nitrogens is 1. The zero-order valence-electron chi connectivity index (χ0n) is 8.19. The number of rotatable bonds is 2. The second-order valence-electron chi connectivity index (χ2n) is 2.82. The Kier molecular flexibility index (Phi) is 3.59. The number of halogens is 4. The molecule has 1 heterocycles. The van der Waals surface area contributed by atoms with Gasteiger partial charge in [-0.05, 0) is 0 Å². The van der Waals surface area contributed by atoms with Gasteiger partial charge in [-0.3, -0.25) is 0 Å². The van der Waals surface area contributed by atoms with Crippen molar-refractivity contribution >= 4 is 25.6 Å². The highest BCUT2D eigenvalue weighted by Crippen LogP contribution is 2.31. The molecule has 1 aromatic heterocycles. The Bertz CT molecular complexity index is 623. The summed E-state index contributed by atoms with van der Waals surface area (Å²) < 4.78 is 61.3. The Morgan fingerprint density at radius 2 is 2.06 bits per heavy atom. The summed E-state index contributed by atoms with van der Waals surface area (Å²) in [6, 6.07) is 1.82. The number of nitriles is 1. The lowest BCUT2D eigenvalue weighted by molar-refractivity contribution is -0.274. The molecule has 0 radical (unpaired) electrons. The lowest BCUT2D eigenvalue weighted by Crippen LogP contribution is -2.19. The first-order valence-electron chi connectivity index (χ1n) is 3.95. The van der Waals surface area contributed by atoms with E-state index < -0.39 is 37.6 Å². The van der Waals surface area contributed by atoms with Crippen molar-refractivity contribution in [1.29, 1.82) is 5.26 Å². The van der Waals surface area contributed by atoms with Gasteiger partial charge < -0.3 is 10.5 Å². The van der Waals surface area contributed by atoms with E-state index in [9.17, 15) is 21.6 Å². The maximum atomic E-state index is 12.0. The van der Waals surface area contributed by atoms with Gasteiger partial charge in [0, 0.05) is 16.7 Å². The smallest absolute Gasteiger partial charge is 0.402 e. The van der Waals surface area contributed by atoms with Crippen LogP contribution in [0.5, 0.6) is 5.75 Å². The first kappa shape index (κ1) is 14.3. The van der Waals surface area contributed by atoms with Gasteiger partial charge in [0.25, 0.3) is 9.05 Å². The average Bonchev–Trinajstić information content (AvgIpc) is 2.17. The minimum absolute atomic E-state index is 0.491. The highest BCUT2D eigenvalue weighted by atomic mass is 35.7. The van der Waals surface area contributed by atoms with Crippen LogP contribution in [0.4, 0.5) is 19.0 Å². The molecule has 0 aliphatic rings. The van der Waals surface area contributed by atoms with Crippen molar-refractivity contribution < 1.29 is 26.3 Å². The van der Waals surface area contributed by atoms with Crippen LogP contribution in [0.1, 0.15) is 5.56 Å². The summed E-state index contributed by atoms with van der Waals surface area (Å²) in [6.07, 6.45) is -5.05. The number of hydrogen-bond donors (Lipinski definition) is 1. The van der Waals surface area contributed by atoms with Crippen molar-refractivity contribution in [1.82, 2.24) is 4.98 Å². The Labute approximate surface area is 103 Å². The summed E-state index contributed by atoms with van der Waals surface area (Å²) in [6.45, 7) is 0. The molecule has 98 valence electrons. The average molecular weight is 302 g/mol. The molecule has 1 rings (SSSR count). The monoisotopic (exact) mass is 301 g/mol. The van der Waals surface area contributed by atoms with E-state index in [2.05, 4.69) is 9.72 Å². The molecule has 0 spiro atoms. The van der Waals surface area contributed by atoms with E-state index in [1.807, 2.05) is 0 Å². The molecule has 0 saturated heterocycles. The maximum absolute atomic E-state index is 12.0. The number of nitrogens with two attached hydrogens (primary N) is 1. The second-order valence-corrected chi connectivity index (χ2v) is 5.30. The molecule has 11 heteroatoms. The van der Waals surface area contributed by atoms with Gasteiger partial charge in [0.1, 0.15) is 6.07 Å². The number of ether oxygens (including phenoxy) is 1. The van der Waals surface area contributed by atoms with E-state index >= 15 is 0 Å². The van der Waals surface area contributed by atoms with Crippen LogP contribution in [-0.2, 0) is 9.05 Å². The van der Waals surface area contributed by atoms with E-state index in [-0.39, 0.29) is 0 Å². The van der Waals surface area contributed by atoms with Crippen molar-refractivity contribution in [2.24, 2.45) is 0 Å². The van der Waals surface area contributed by atoms with Crippen LogP contribution in [0.15, 0.2) is 11.1 Å². The lowest BCUT2D eigenvalue weighted by Gasteiger charge is -2.11. The SMILES string of the molecule is N#Cc1cc(OC(F)(F)F)c(N)nc1S(=O)(=O)Cl. The van der Waals surface area contributed by atoms with Crippen LogP contribution in [0.25, 0.3) is 0 Å². The third-order valence-electron chi connectivity index (χ3n) is 1.56. The van der Waals surface area contributed by atoms with Gasteiger partial charge in [-0.1, -0.05) is 0 Å². The molecule has 0 unspecified atom stereocenters. The van der Waals surface area contributed by atoms with Crippen molar-refractivity contribution in [3.8, 4) is 11.8 Å². The number of hydrogen-bond acceptors (Lipinski definition) is 6. The minimum Gasteiger partial charge on any atom is -0.402 e. The van der Waals surface area contributed by atoms with E-state index in [1.54, 1.807) is 0 Å². The molecule has 0 fully saturated rings. The largest absolute Gasteiger partial charge is 0.573 e. The van der Waals surface area contributed by atoms with E-state index in [1.165, 1.54) is 6.07 Å². The summed E-state index contributed by atoms with van der Waals surface area (Å²) in [5.41, 5.74) is 4.37. The van der Waals surface area contributed by atoms with Gasteiger partial charge in [0.15, 0.2) is 16.6 Å². The molecule has 18 heavy (non-hydrogen) atoms. The summed E-state index contributed by atoms with van der Waals surface area (Å²) >= 11 is 0. The minimum atomic E-state index is -5.05. The highest BCUT2D eigenvalue weighted by Gasteiger charge is 2.33. The normalized spacial score (nSPS) is 11.9. The highest BCUT2D eigenvalue weighted by molar-refractivity contribution is 8.13. The molecular formula is C7H3ClF3N3O3S. The zero-order chi connectivity index (χ0) is 14.1. The molecule has 0 atom stereocenters. The fourth-order valence-electron chi connectivity index (χ4n) is 0.964. The molecule has 0 aliphatic carbocycles. The fraction of sp³-hybridized carbons (Fsp3) is 0.143. The van der Waals surface area contributed by atoms with Gasteiger partial charge in [-0.25, -0.2) is 13.4 Å². The predicted molar refractivity (Wildman–Crippen MR) is 53.1 cm³/mol. The van der Waals surface area contributed by atoms with Crippen molar-refractivity contribution in [2.45, 2.75) is 11.4 Å². The Morgan fingerprint density at radius 1 is 1.50 bits per heavy atom. The van der Waals surface area contributed by atoms with Gasteiger partial charge in [0.05, 0.1) is 5.56 Å². The van der Waals surface area contributed by atoms with Gasteiger partial charge in [-0.15, -0.1) is 13.2 Å². The van der Waals surface area contributed by atoms with Crippen molar-refractivity contribution in [2.75, 3.05) is 5.73 Å². The van der Waals surface area contributed by atoms with Crippen LogP contribution in [0.3, 0.4) is 0 Å². The summed E-state index contributed by atoms with van der Waals surface area (Å²) in [7, 11) is 0.533. The molecular weight excluding hydrogens is 299 g/mol. The third-order valence-corrected chi connectivity index (χ3v) is 2.77. The number of alkyl halides is 3. The number of nitrogen functional groups attached to an aromatic ring is 1. The third kappa shape index (κ3) is 3.38. The first-order chi connectivity index (χ1) is 8.04. The fourth-order valence-corrected chi connectivity index (χ4v) is 1.89. The molecule has 0 bridgehead atoms. The lowest BCUT2D eigenvalue weighted by atomic mass is 10.3. The van der Waals surface area contributed by atoms with Crippen LogP contribution >= 0.6 is 10.7 Å². The predicted octanol–water partition coefficient (Wildman–Crippen LogP) is 1.36. The Morgan fingerprint density at radius 3 is 2.44 bits per heavy atom. The molecule has 6 nitrogen and oxygen atoms in total.